The molecule has 4 aromatic carbocycles. The van der Waals surface area contributed by atoms with Crippen molar-refractivity contribution in [2.24, 2.45) is 11.5 Å². The number of fused-ring (bicyclic) bond motifs is 5. The van der Waals surface area contributed by atoms with Crippen molar-refractivity contribution < 1.29 is 77.4 Å². The van der Waals surface area contributed by atoms with Gasteiger partial charge in [0.05, 0.1) is 19.3 Å². The smallest absolute Gasteiger partial charge is 0.305 e. The number of aromatic amines is 3. The molecule has 1 saturated heterocycles. The lowest BCUT2D eigenvalue weighted by Crippen LogP contribution is -2.63. The molecule has 2 aliphatic heterocycles. The number of carbonyl (C=O) groups excluding carboxylic acids is 10. The van der Waals surface area contributed by atoms with Crippen molar-refractivity contribution in [1.29, 1.82) is 0 Å². The molecule has 0 unspecified atom stereocenters. The Labute approximate surface area is 603 Å². The number of imidazole rings is 1. The fourth-order valence-electron chi connectivity index (χ4n) is 12.2. The van der Waals surface area contributed by atoms with Crippen LogP contribution in [0.2, 0.25) is 5.02 Å². The zero-order chi connectivity index (χ0) is 73.2. The number of aromatic hydroxyl groups is 1. The molecule has 9 rings (SSSR count). The number of carboxylic acid groups (broad SMARTS) is 1. The van der Waals surface area contributed by atoms with Gasteiger partial charge in [-0.15, -0.1) is 0 Å². The number of phenolic OH excluding ortho intramolecular Hbond substituents is 1. The first-order valence-electron chi connectivity index (χ1n) is 32.9. The molecule has 33 heteroatoms. The Morgan fingerprint density at radius 3 is 1.85 bits per heavy atom. The Balaban J connectivity index is 0.00000504. The van der Waals surface area contributed by atoms with E-state index >= 15 is 19.2 Å². The molecule has 550 valence electrons. The van der Waals surface area contributed by atoms with Gasteiger partial charge in [0.25, 0.3) is 0 Å². The number of aliphatic carboxylic acids is 1. The molecule has 3 aromatic heterocycles. The molecule has 1 fully saturated rings. The van der Waals surface area contributed by atoms with Gasteiger partial charge in [0, 0.05) is 118 Å². The highest BCUT2D eigenvalue weighted by Gasteiger charge is 2.49. The van der Waals surface area contributed by atoms with Gasteiger partial charge in [-0.1, -0.05) is 29.8 Å². The van der Waals surface area contributed by atoms with Crippen LogP contribution in [0, 0.1) is 11.6 Å². The minimum absolute atomic E-state index is 0. The van der Waals surface area contributed by atoms with Crippen molar-refractivity contribution >= 4 is 122 Å². The van der Waals surface area contributed by atoms with E-state index in [1.165, 1.54) is 115 Å². The molecule has 0 spiro atoms. The second-order valence-electron chi connectivity index (χ2n) is 25.2. The molecule has 17 N–H and O–H groups in total. The Hall–Kier alpha value is -10.1. The van der Waals surface area contributed by atoms with Gasteiger partial charge in [-0.25, -0.2) is 13.8 Å². The lowest BCUT2D eigenvalue weighted by Gasteiger charge is -2.37. The summed E-state index contributed by atoms with van der Waals surface area (Å²) in [6.07, 6.45) is 4.28. The van der Waals surface area contributed by atoms with Crippen LogP contribution in [0.15, 0.2) is 104 Å². The van der Waals surface area contributed by atoms with Gasteiger partial charge in [-0.3, -0.25) is 52.7 Å². The zero-order valence-corrected chi connectivity index (χ0v) is 57.9. The van der Waals surface area contributed by atoms with Gasteiger partial charge in [0.2, 0.25) is 59.1 Å². The molecule has 28 nitrogen and oxygen atoms in total. The number of halogens is 3. The molecule has 102 heavy (non-hydrogen) atoms. The molecule has 0 aliphatic carbocycles. The molecule has 7 aromatic rings. The van der Waals surface area contributed by atoms with E-state index in [0.29, 0.717) is 69.1 Å². The van der Waals surface area contributed by atoms with Crippen LogP contribution >= 0.6 is 35.1 Å². The van der Waals surface area contributed by atoms with Crippen LogP contribution in [0.1, 0.15) is 91.1 Å². The molecule has 10 amide bonds. The summed E-state index contributed by atoms with van der Waals surface area (Å²) in [6, 6.07) is 7.60. The first-order valence-corrected chi connectivity index (χ1v) is 35.6. The molecular weight excluding hydrogens is 1380 g/mol. The van der Waals surface area contributed by atoms with E-state index in [1.54, 1.807) is 12.1 Å². The largest absolute Gasteiger partial charge is 0.508 e. The van der Waals surface area contributed by atoms with Gasteiger partial charge in [0.15, 0.2) is 0 Å². The molecule has 5 heterocycles. The van der Waals surface area contributed by atoms with Crippen LogP contribution in [-0.4, -0.2) is 179 Å². The molecule has 0 radical (unpaired) electrons. The molecule has 8 atom stereocenters. The summed E-state index contributed by atoms with van der Waals surface area (Å²) in [7, 11) is 0. The van der Waals surface area contributed by atoms with Crippen molar-refractivity contribution in [2.75, 3.05) is 31.1 Å². The highest BCUT2D eigenvalue weighted by Crippen LogP contribution is 2.32. The predicted molar refractivity (Wildman–Crippen MR) is 385 cm³/mol. The minimum atomic E-state index is -2.05. The minimum Gasteiger partial charge on any atom is -0.508 e. The summed E-state index contributed by atoms with van der Waals surface area (Å²) in [6.45, 7) is 1.04. The summed E-state index contributed by atoms with van der Waals surface area (Å²) >= 11 is 9.28. The number of rotatable bonds is 15. The van der Waals surface area contributed by atoms with E-state index in [9.17, 15) is 52.6 Å². The van der Waals surface area contributed by atoms with Gasteiger partial charge in [0.1, 0.15) is 65.2 Å². The number of H-pyrrole nitrogens is 3. The quantitative estimate of drug-likeness (QED) is 0.0649. The van der Waals surface area contributed by atoms with Crippen LogP contribution in [0.4, 0.5) is 8.78 Å². The number of nitrogens with zero attached hydrogens (tertiary/aromatic N) is 2. The number of thioether (sulfide) groups is 2. The van der Waals surface area contributed by atoms with E-state index in [1.807, 2.05) is 6.07 Å². The van der Waals surface area contributed by atoms with Crippen molar-refractivity contribution in [3.05, 3.63) is 154 Å². The zero-order valence-electron chi connectivity index (χ0n) is 55.5. The van der Waals surface area contributed by atoms with Crippen molar-refractivity contribution in [3.63, 3.8) is 0 Å². The number of hydrogen-bond donors (Lipinski definition) is 15. The van der Waals surface area contributed by atoms with Crippen LogP contribution in [0.25, 0.3) is 21.8 Å². The second kappa shape index (κ2) is 35.5. The SMILES string of the molecule is C[C@@]12CCCN1C(=O)[C@H](Cc1ccc(O)cc1)NC(=O)[C@H](Cc1cnc[nH]1)NC(=O)[C@H](CC(=O)O)NC(=O)[C@H](Cc1c[nH]c3ccc(F)cc13)NC(=O)[C@H](Cc1c[nH]c3ccc(F)cc13)NC(=O)CNC(=O)[C@H](CCCCN)NC(=O)CCSCc1cc(Cl)cc(c1)CSC[C@@H](C(N)=O)NC2=O.[HH].[HH].[HH].[HH]. The van der Waals surface area contributed by atoms with E-state index < -0.39 is 144 Å². The summed E-state index contributed by atoms with van der Waals surface area (Å²) in [4.78, 5) is 171. The fourth-order valence-corrected chi connectivity index (χ4v) is 14.4. The van der Waals surface area contributed by atoms with E-state index in [2.05, 4.69) is 62.5 Å². The normalized spacial score (nSPS) is 22.6. The highest BCUT2D eigenvalue weighted by atomic mass is 35.5. The number of primary amides is 1. The van der Waals surface area contributed by atoms with Crippen molar-refractivity contribution in [2.45, 2.75) is 137 Å². The fraction of sp³-hybridized carbons (Fsp3) is 0.391. The van der Waals surface area contributed by atoms with Crippen LogP contribution < -0.4 is 54.0 Å². The van der Waals surface area contributed by atoms with E-state index in [4.69, 9.17) is 23.1 Å². The number of unbranched alkanes of at least 4 members (excludes halogenated alkanes) is 1. The third kappa shape index (κ3) is 20.8. The van der Waals surface area contributed by atoms with E-state index in [0.717, 1.165) is 17.2 Å². The second-order valence-corrected chi connectivity index (χ2v) is 27.8. The standard InChI is InChI=1S/C69H80ClF2N15O13S2.4H2/c1-69-15-4-17-87(69)67(99)56(22-37-6-10-46(88)11-7-37)85-65(97)54(27-45-31-75-36-79-45)83-66(98)55(28-60(91)92)84-64(96)53(24-41-30-77-50-13-9-44(72)26-48(41)50)82-63(95)52(23-40-29-76-49-12-8-43(71)25-47(40)49)81-59(90)32-78-62(94)51(5-2-3-16-73)80-58(89)14-18-101-33-38-19-39(21-42(70)20-38)34-102-35-57(61(74)93)86-68(69)100;;;;/h6-13,19-21,25-26,29-31,36,51-57,76-77,88H,2-5,14-18,22-24,27-28,32-35,73H2,1H3,(H2,74,93)(H,75,79)(H,78,94)(H,80,89)(H,81,90)(H,82,95)(H,83,98)(H,84,96)(H,85,97)(H,86,100)(H,91,92);4*1H/t51-,52-,53-,54-,55-,56-,57-,69-;;;;/m0..../s1. The third-order valence-corrected chi connectivity index (χ3v) is 19.9. The van der Waals surface area contributed by atoms with Crippen molar-refractivity contribution in [1.82, 2.24) is 67.4 Å². The molecule has 2 bridgehead atoms. The molecular formula is C69H88ClF2N15O13S2. The molecule has 0 saturated carbocycles. The van der Waals surface area contributed by atoms with Gasteiger partial charge in [-0.2, -0.15) is 23.5 Å². The Bertz CT molecular complexity index is 4250. The van der Waals surface area contributed by atoms with Gasteiger partial charge >= 0.3 is 5.97 Å². The maximum Gasteiger partial charge on any atom is 0.305 e. The molecule has 2 aliphatic rings. The topological polar surface area (TPSA) is 440 Å². The number of nitrogens with two attached hydrogens (primary N) is 2. The summed E-state index contributed by atoms with van der Waals surface area (Å²) < 4.78 is 29.8. The van der Waals surface area contributed by atoms with Crippen LogP contribution in [-0.2, 0) is 89.9 Å². The van der Waals surface area contributed by atoms with Gasteiger partial charge in [-0.05, 0) is 134 Å². The number of benzene rings is 4. The first-order chi connectivity index (χ1) is 48.8. The Kier molecular flexibility index (Phi) is 26.5. The van der Waals surface area contributed by atoms with Crippen LogP contribution in [0.3, 0.4) is 0 Å². The van der Waals surface area contributed by atoms with Crippen LogP contribution in [0.5, 0.6) is 5.75 Å². The average Bonchev–Trinajstić information content (AvgIpc) is 1.60. The lowest BCUT2D eigenvalue weighted by atomic mass is 9.95. The summed E-state index contributed by atoms with van der Waals surface area (Å²) in [5.41, 5.74) is 13.7. The summed E-state index contributed by atoms with van der Waals surface area (Å²) in [5, 5.41) is 42.5. The summed E-state index contributed by atoms with van der Waals surface area (Å²) in [5.74, 6) is -11.1. The number of amides is 10. The monoisotopic (exact) mass is 1470 g/mol. The number of hydrogen-bond acceptors (Lipinski definition) is 16. The Morgan fingerprint density at radius 1 is 0.676 bits per heavy atom. The van der Waals surface area contributed by atoms with E-state index in [-0.39, 0.29) is 85.5 Å². The third-order valence-electron chi connectivity index (χ3n) is 17.6. The average molecular weight is 1470 g/mol. The Morgan fingerprint density at radius 2 is 1.25 bits per heavy atom. The first kappa shape index (κ1) is 76.1. The maximum atomic E-state index is 15.2. The van der Waals surface area contributed by atoms with Gasteiger partial charge < -0.3 is 84.1 Å². The number of nitrogens with one attached hydrogen (secondary N) is 11. The lowest BCUT2D eigenvalue weighted by molar-refractivity contribution is -0.147. The number of phenols is 1. The highest BCUT2D eigenvalue weighted by molar-refractivity contribution is 7.98. The number of carboxylic acids is 1. The van der Waals surface area contributed by atoms with Crippen molar-refractivity contribution in [3.8, 4) is 5.75 Å². The predicted octanol–water partition coefficient (Wildman–Crippen LogP) is 3.81. The number of carbonyl (C=O) groups is 11. The maximum absolute atomic E-state index is 15.2. The number of aromatic nitrogens is 4.